The van der Waals surface area contributed by atoms with Gasteiger partial charge in [-0.15, -0.1) is 0 Å². The fraction of sp³-hybridized carbons (Fsp3) is 0.739. The number of hydrogen-bond acceptors (Lipinski definition) is 5. The quantitative estimate of drug-likeness (QED) is 0.621. The first-order valence-electron chi connectivity index (χ1n) is 11.2. The highest BCUT2D eigenvalue weighted by molar-refractivity contribution is 6.30. The molecule has 2 fully saturated rings. The monoisotopic (exact) mass is 423 g/mol. The zero-order valence-electron chi connectivity index (χ0n) is 18.2. The van der Waals surface area contributed by atoms with Crippen molar-refractivity contribution < 1.29 is 9.84 Å². The number of phenols is 1. The standard InChI is InChI=1S/C23H38ClN3O2/c1-3-27-10-4-5-22(27)18-26(17-20-15-21(24)6-7-23(20)28)16-19-8-11-25(12-9-19)13-14-29-2/h6-7,15,19,22,28H,3-5,8-14,16-18H2,1-2H3/t22-/m1/s1. The highest BCUT2D eigenvalue weighted by atomic mass is 35.5. The van der Waals surface area contributed by atoms with Gasteiger partial charge >= 0.3 is 0 Å². The number of halogens is 1. The molecule has 0 amide bonds. The number of nitrogens with zero attached hydrogens (tertiary/aromatic N) is 3. The van der Waals surface area contributed by atoms with Crippen LogP contribution in [0.3, 0.4) is 0 Å². The van der Waals surface area contributed by atoms with E-state index in [4.69, 9.17) is 16.3 Å². The van der Waals surface area contributed by atoms with Crippen LogP contribution in [-0.2, 0) is 11.3 Å². The number of likely N-dealkylation sites (N-methyl/N-ethyl adjacent to an activating group) is 1. The van der Waals surface area contributed by atoms with Crippen molar-refractivity contribution in [3.63, 3.8) is 0 Å². The third-order valence-corrected chi connectivity index (χ3v) is 6.88. The number of piperidine rings is 1. The number of methoxy groups -OCH3 is 1. The van der Waals surface area contributed by atoms with Gasteiger partial charge in [0.15, 0.2) is 0 Å². The molecular formula is C23H38ClN3O2. The van der Waals surface area contributed by atoms with Gasteiger partial charge in [-0.05, 0) is 76.0 Å². The maximum atomic E-state index is 10.4. The van der Waals surface area contributed by atoms with Crippen LogP contribution in [0.5, 0.6) is 5.75 Å². The summed E-state index contributed by atoms with van der Waals surface area (Å²) in [6, 6.07) is 6.03. The SMILES string of the molecule is CCN1CCC[C@@H]1CN(Cc1cc(Cl)ccc1O)CC1CCN(CCOC)CC1. The molecule has 0 radical (unpaired) electrons. The average molecular weight is 424 g/mol. The topological polar surface area (TPSA) is 39.2 Å². The Labute approximate surface area is 181 Å². The second kappa shape index (κ2) is 11.5. The van der Waals surface area contributed by atoms with E-state index in [0.717, 1.165) is 58.0 Å². The molecule has 2 aliphatic rings. The Bertz CT molecular complexity index is 622. The maximum Gasteiger partial charge on any atom is 0.120 e. The Balaban J connectivity index is 1.62. The second-order valence-electron chi connectivity index (χ2n) is 8.67. The molecule has 1 atom stereocenters. The van der Waals surface area contributed by atoms with E-state index in [1.165, 1.54) is 32.2 Å². The van der Waals surface area contributed by atoms with Gasteiger partial charge in [0.1, 0.15) is 5.75 Å². The largest absolute Gasteiger partial charge is 0.508 e. The van der Waals surface area contributed by atoms with E-state index in [0.29, 0.717) is 22.7 Å². The third-order valence-electron chi connectivity index (χ3n) is 6.64. The Kier molecular flexibility index (Phi) is 9.07. The molecule has 1 aromatic carbocycles. The highest BCUT2D eigenvalue weighted by Crippen LogP contribution is 2.27. The summed E-state index contributed by atoms with van der Waals surface area (Å²) in [5.41, 5.74) is 0.941. The summed E-state index contributed by atoms with van der Waals surface area (Å²) in [7, 11) is 1.78. The van der Waals surface area contributed by atoms with Crippen molar-refractivity contribution in [2.45, 2.75) is 45.2 Å². The van der Waals surface area contributed by atoms with Crippen LogP contribution in [-0.4, -0.2) is 85.4 Å². The van der Waals surface area contributed by atoms with Gasteiger partial charge in [-0.1, -0.05) is 18.5 Å². The number of ether oxygens (including phenoxy) is 1. The number of benzene rings is 1. The Hall–Kier alpha value is -0.850. The second-order valence-corrected chi connectivity index (χ2v) is 9.11. The van der Waals surface area contributed by atoms with Crippen LogP contribution >= 0.6 is 11.6 Å². The number of hydrogen-bond donors (Lipinski definition) is 1. The molecule has 6 heteroatoms. The molecule has 0 aliphatic carbocycles. The van der Waals surface area contributed by atoms with Crippen molar-refractivity contribution in [3.05, 3.63) is 28.8 Å². The van der Waals surface area contributed by atoms with Gasteiger partial charge in [-0.25, -0.2) is 0 Å². The molecule has 3 rings (SSSR count). The highest BCUT2D eigenvalue weighted by Gasteiger charge is 2.28. The third kappa shape index (κ3) is 6.83. The Morgan fingerprint density at radius 3 is 2.69 bits per heavy atom. The van der Waals surface area contributed by atoms with E-state index < -0.39 is 0 Å². The normalized spacial score (nSPS) is 22.0. The molecule has 164 valence electrons. The Morgan fingerprint density at radius 1 is 1.17 bits per heavy atom. The Morgan fingerprint density at radius 2 is 1.97 bits per heavy atom. The molecule has 2 heterocycles. The van der Waals surface area contributed by atoms with Crippen LogP contribution in [0.1, 0.15) is 38.2 Å². The minimum absolute atomic E-state index is 0.354. The average Bonchev–Trinajstić information content (AvgIpc) is 3.17. The zero-order chi connectivity index (χ0) is 20.6. The predicted molar refractivity (Wildman–Crippen MR) is 120 cm³/mol. The van der Waals surface area contributed by atoms with Gasteiger partial charge in [0.2, 0.25) is 0 Å². The summed E-state index contributed by atoms with van der Waals surface area (Å²) in [5.74, 6) is 1.07. The van der Waals surface area contributed by atoms with Crippen molar-refractivity contribution >= 4 is 11.6 Å². The molecule has 0 unspecified atom stereocenters. The van der Waals surface area contributed by atoms with Crippen molar-refractivity contribution in [1.82, 2.24) is 14.7 Å². The molecule has 5 nitrogen and oxygen atoms in total. The van der Waals surface area contributed by atoms with Crippen LogP contribution in [0, 0.1) is 5.92 Å². The number of aromatic hydroxyl groups is 1. The van der Waals surface area contributed by atoms with Gasteiger partial charge in [0.05, 0.1) is 6.61 Å². The van der Waals surface area contributed by atoms with E-state index in [9.17, 15) is 5.11 Å². The van der Waals surface area contributed by atoms with Crippen molar-refractivity contribution in [2.24, 2.45) is 5.92 Å². The van der Waals surface area contributed by atoms with Crippen LogP contribution in [0.25, 0.3) is 0 Å². The molecule has 0 aromatic heterocycles. The maximum absolute atomic E-state index is 10.4. The summed E-state index contributed by atoms with van der Waals surface area (Å²) in [6.45, 7) is 11.7. The van der Waals surface area contributed by atoms with Crippen molar-refractivity contribution in [1.29, 1.82) is 0 Å². The minimum atomic E-state index is 0.354. The molecule has 1 aromatic rings. The molecule has 0 spiro atoms. The fourth-order valence-corrected chi connectivity index (χ4v) is 5.11. The summed E-state index contributed by atoms with van der Waals surface area (Å²) in [5, 5.41) is 11.0. The summed E-state index contributed by atoms with van der Waals surface area (Å²) >= 11 is 6.21. The lowest BCUT2D eigenvalue weighted by Gasteiger charge is -2.36. The minimum Gasteiger partial charge on any atom is -0.508 e. The van der Waals surface area contributed by atoms with Crippen LogP contribution in [0.2, 0.25) is 5.02 Å². The van der Waals surface area contributed by atoms with Crippen LogP contribution in [0.4, 0.5) is 0 Å². The van der Waals surface area contributed by atoms with Crippen molar-refractivity contribution in [3.8, 4) is 5.75 Å². The molecule has 1 N–H and O–H groups in total. The smallest absolute Gasteiger partial charge is 0.120 e. The molecule has 0 bridgehead atoms. The van der Waals surface area contributed by atoms with Gasteiger partial charge in [-0.3, -0.25) is 9.80 Å². The number of phenolic OH excluding ortho intramolecular Hbond substituents is 1. The van der Waals surface area contributed by atoms with E-state index >= 15 is 0 Å². The first-order valence-corrected chi connectivity index (χ1v) is 11.6. The fourth-order valence-electron chi connectivity index (χ4n) is 4.92. The van der Waals surface area contributed by atoms with E-state index in [-0.39, 0.29) is 0 Å². The van der Waals surface area contributed by atoms with E-state index in [1.54, 1.807) is 19.2 Å². The lowest BCUT2D eigenvalue weighted by molar-refractivity contribution is 0.0962. The van der Waals surface area contributed by atoms with Crippen LogP contribution < -0.4 is 0 Å². The number of likely N-dealkylation sites (tertiary alicyclic amines) is 2. The van der Waals surface area contributed by atoms with Crippen LogP contribution in [0.15, 0.2) is 18.2 Å². The molecule has 2 saturated heterocycles. The van der Waals surface area contributed by atoms with Gasteiger partial charge in [0.25, 0.3) is 0 Å². The van der Waals surface area contributed by atoms with Gasteiger partial charge < -0.3 is 14.7 Å². The summed E-state index contributed by atoms with van der Waals surface area (Å²) in [4.78, 5) is 7.70. The predicted octanol–water partition coefficient (Wildman–Crippen LogP) is 3.69. The first kappa shape index (κ1) is 22.8. The van der Waals surface area contributed by atoms with Gasteiger partial charge in [0, 0.05) is 49.9 Å². The van der Waals surface area contributed by atoms with E-state index in [2.05, 4.69) is 21.6 Å². The summed E-state index contributed by atoms with van der Waals surface area (Å²) in [6.07, 6.45) is 5.06. The molecule has 29 heavy (non-hydrogen) atoms. The zero-order valence-corrected chi connectivity index (χ0v) is 18.9. The van der Waals surface area contributed by atoms with Gasteiger partial charge in [-0.2, -0.15) is 0 Å². The lowest BCUT2D eigenvalue weighted by Crippen LogP contribution is -2.44. The van der Waals surface area contributed by atoms with Crippen molar-refractivity contribution in [2.75, 3.05) is 59.5 Å². The van der Waals surface area contributed by atoms with E-state index in [1.807, 2.05) is 6.07 Å². The molecule has 0 saturated carbocycles. The number of rotatable bonds is 10. The molecular weight excluding hydrogens is 386 g/mol. The summed E-state index contributed by atoms with van der Waals surface area (Å²) < 4.78 is 5.23. The lowest BCUT2D eigenvalue weighted by atomic mass is 9.95. The molecule has 2 aliphatic heterocycles. The first-order chi connectivity index (χ1) is 14.1.